The average molecular weight is 1170 g/mol. The number of aliphatic hydroxyl groups is 1. The number of benzene rings is 3. The summed E-state index contributed by atoms with van der Waals surface area (Å²) in [6, 6.07) is 10.4. The molecule has 0 saturated carbocycles. The standard InChI is InChI=1S/C62H74N8O15/c1-35(2)56(67-53(72)18-23-82-24-19-63-52(71)17-20-68-54(73)15-16-55(68)74)59(77)65-39(6)58(76)66-42-13-11-40(12-14-42)34-85-62(80)70-47-31-49(38(5)28-45(47)60(78)69-33-37(4)27-48(69)61(70)79)83-21-9-8-10-22-84-51-30-46-44(29-50(51)81-7)57(75)43-26-36(3)25-41(43)32-64-46/h11-16,26,28-33,35,39,41,43,48,56,61,79H,8-10,17-25,27,34H2,1-7H3,(H,63,71)(H,65,77)(H,66,76)(H,67,72)/t39-,41-,43?,48-,56-,61?/m0/s1. The highest BCUT2D eigenvalue weighted by Gasteiger charge is 2.45. The number of rotatable bonds is 26. The minimum Gasteiger partial charge on any atom is -0.493 e. The SMILES string of the molecule is COc1cc2c(cc1OCCCCCOc1cc3c(cc1C)C(=O)N1C=C(C)C[C@H]1C(O)N3C(=O)OCc1ccc(NC(=O)[C@H](C)NC(=O)[C@@H](NC(=O)CCOCCNC(=O)CCN3C(=O)C=CC3=O)C(C)C)cc1)N=C[C@@H]1CC(C)=CC1C2=O. The minimum atomic E-state index is -1.49. The van der Waals surface area contributed by atoms with E-state index in [2.05, 4.69) is 26.3 Å². The van der Waals surface area contributed by atoms with Crippen LogP contribution in [0.25, 0.3) is 0 Å². The summed E-state index contributed by atoms with van der Waals surface area (Å²) in [6.07, 6.45) is 8.52. The van der Waals surface area contributed by atoms with Crippen LogP contribution in [0.3, 0.4) is 0 Å². The molecule has 85 heavy (non-hydrogen) atoms. The molecule has 8 amide bonds. The lowest BCUT2D eigenvalue weighted by Gasteiger charge is -2.31. The molecule has 0 saturated heterocycles. The van der Waals surface area contributed by atoms with Crippen molar-refractivity contribution >= 4 is 76.5 Å². The van der Waals surface area contributed by atoms with Crippen LogP contribution < -0.4 is 40.4 Å². The number of nitrogens with one attached hydrogen (secondary N) is 4. The Morgan fingerprint density at radius 1 is 0.765 bits per heavy atom. The highest BCUT2D eigenvalue weighted by atomic mass is 16.6. The Bertz CT molecular complexity index is 3190. The molecule has 3 aromatic carbocycles. The van der Waals surface area contributed by atoms with E-state index in [1.165, 1.54) is 24.5 Å². The maximum Gasteiger partial charge on any atom is 0.416 e. The normalized spacial score (nSPS) is 19.2. The van der Waals surface area contributed by atoms with Gasteiger partial charge in [-0.15, -0.1) is 0 Å². The van der Waals surface area contributed by atoms with Gasteiger partial charge in [0.25, 0.3) is 17.7 Å². The molecule has 4 aliphatic heterocycles. The first kappa shape index (κ1) is 62.3. The second kappa shape index (κ2) is 28.3. The molecule has 3 aromatic rings. The Kier molecular flexibility index (Phi) is 20.7. The zero-order chi connectivity index (χ0) is 61.1. The van der Waals surface area contributed by atoms with E-state index in [9.17, 15) is 48.3 Å². The second-order valence-electron chi connectivity index (χ2n) is 22.1. The molecule has 2 unspecified atom stereocenters. The molecule has 5 N–H and O–H groups in total. The summed E-state index contributed by atoms with van der Waals surface area (Å²) in [5.41, 5.74) is 4.99. The molecular weight excluding hydrogens is 1100 g/mol. The molecule has 23 nitrogen and oxygen atoms in total. The largest absolute Gasteiger partial charge is 0.493 e. The number of aryl methyl sites for hydroxylation is 1. The Morgan fingerprint density at radius 2 is 1.48 bits per heavy atom. The van der Waals surface area contributed by atoms with E-state index >= 15 is 0 Å². The van der Waals surface area contributed by atoms with Gasteiger partial charge in [0.1, 0.15) is 24.4 Å². The van der Waals surface area contributed by atoms with Crippen molar-refractivity contribution in [2.75, 3.05) is 56.8 Å². The Hall–Kier alpha value is -8.70. The minimum absolute atomic E-state index is 0.00166. The third-order valence-corrected chi connectivity index (χ3v) is 15.2. The summed E-state index contributed by atoms with van der Waals surface area (Å²) in [5.74, 6) is -2.42. The second-order valence-corrected chi connectivity index (χ2v) is 22.1. The van der Waals surface area contributed by atoms with E-state index in [4.69, 9.17) is 23.7 Å². The molecule has 5 aliphatic rings. The van der Waals surface area contributed by atoms with Gasteiger partial charge in [0.15, 0.2) is 23.5 Å². The van der Waals surface area contributed by atoms with Crippen LogP contribution in [0, 0.1) is 24.7 Å². The number of amides is 8. The topological polar surface area (TPSA) is 290 Å². The van der Waals surface area contributed by atoms with Crippen LogP contribution in [0.15, 0.2) is 89.1 Å². The van der Waals surface area contributed by atoms with E-state index in [-0.39, 0.29) is 92.4 Å². The summed E-state index contributed by atoms with van der Waals surface area (Å²) >= 11 is 0. The number of Topliss-reactive ketones (excluding diaryl/α,β-unsaturated/α-hetero) is 1. The van der Waals surface area contributed by atoms with Gasteiger partial charge in [-0.2, -0.15) is 0 Å². The lowest BCUT2D eigenvalue weighted by molar-refractivity contribution is -0.137. The van der Waals surface area contributed by atoms with Gasteiger partial charge in [0.2, 0.25) is 23.6 Å². The van der Waals surface area contributed by atoms with Gasteiger partial charge in [-0.1, -0.05) is 43.2 Å². The van der Waals surface area contributed by atoms with E-state index in [1.54, 1.807) is 75.5 Å². The highest BCUT2D eigenvalue weighted by molar-refractivity contribution is 6.13. The van der Waals surface area contributed by atoms with E-state index < -0.39 is 60.0 Å². The van der Waals surface area contributed by atoms with Gasteiger partial charge in [-0.05, 0) is 101 Å². The van der Waals surface area contributed by atoms with Crippen LogP contribution in [0.5, 0.6) is 17.2 Å². The summed E-state index contributed by atoms with van der Waals surface area (Å²) in [4.78, 5) is 125. The summed E-state index contributed by atoms with van der Waals surface area (Å²) in [5, 5.41) is 22.6. The molecule has 0 radical (unpaired) electrons. The van der Waals surface area contributed by atoms with Crippen LogP contribution >= 0.6 is 0 Å². The molecule has 8 rings (SSSR count). The molecule has 0 spiro atoms. The fourth-order valence-electron chi connectivity index (χ4n) is 10.6. The lowest BCUT2D eigenvalue weighted by Crippen LogP contribution is -2.53. The van der Waals surface area contributed by atoms with Crippen molar-refractivity contribution < 1.29 is 71.9 Å². The number of carbonyl (C=O) groups is 9. The summed E-state index contributed by atoms with van der Waals surface area (Å²) in [6.45, 7) is 11.3. The fourth-order valence-corrected chi connectivity index (χ4v) is 10.6. The number of ketones is 1. The third kappa shape index (κ3) is 15.4. The lowest BCUT2D eigenvalue weighted by atomic mass is 9.89. The van der Waals surface area contributed by atoms with Gasteiger partial charge >= 0.3 is 6.09 Å². The van der Waals surface area contributed by atoms with Crippen molar-refractivity contribution in [2.45, 2.75) is 117 Å². The number of unbranched alkanes of at least 4 members (excludes halogenated alkanes) is 2. The number of nitrogens with zero attached hydrogens (tertiary/aromatic N) is 4. The van der Waals surface area contributed by atoms with Crippen molar-refractivity contribution in [3.8, 4) is 17.2 Å². The first-order chi connectivity index (χ1) is 40.7. The molecule has 6 atom stereocenters. The van der Waals surface area contributed by atoms with Crippen molar-refractivity contribution in [3.05, 3.63) is 106 Å². The number of allylic oxidation sites excluding steroid dienone is 2. The van der Waals surface area contributed by atoms with Crippen LogP contribution in [0.2, 0.25) is 0 Å². The zero-order valence-electron chi connectivity index (χ0n) is 48.9. The summed E-state index contributed by atoms with van der Waals surface area (Å²) in [7, 11) is 1.54. The number of aliphatic imine (C=N–C) groups is 1. The zero-order valence-corrected chi connectivity index (χ0v) is 48.9. The smallest absolute Gasteiger partial charge is 0.416 e. The van der Waals surface area contributed by atoms with Crippen LogP contribution in [0.1, 0.15) is 111 Å². The van der Waals surface area contributed by atoms with Gasteiger partial charge < -0.3 is 55.0 Å². The first-order valence-corrected chi connectivity index (χ1v) is 28.6. The van der Waals surface area contributed by atoms with E-state index in [0.717, 1.165) is 40.4 Å². The van der Waals surface area contributed by atoms with E-state index in [0.29, 0.717) is 77.8 Å². The monoisotopic (exact) mass is 1170 g/mol. The molecule has 1 aliphatic carbocycles. The highest BCUT2D eigenvalue weighted by Crippen LogP contribution is 2.43. The number of aliphatic hydroxyl groups excluding tert-OH is 1. The van der Waals surface area contributed by atoms with Gasteiger partial charge in [-0.25, -0.2) is 9.69 Å². The Balaban J connectivity index is 0.788. The van der Waals surface area contributed by atoms with Crippen LogP contribution in [-0.4, -0.2) is 145 Å². The molecule has 0 bridgehead atoms. The predicted octanol–water partition coefficient (Wildman–Crippen LogP) is 6.13. The number of hydrogen-bond donors (Lipinski definition) is 5. The van der Waals surface area contributed by atoms with Crippen molar-refractivity contribution in [1.82, 2.24) is 25.8 Å². The molecular formula is C62H74N8O15. The predicted molar refractivity (Wildman–Crippen MR) is 312 cm³/mol. The molecule has 0 fully saturated rings. The van der Waals surface area contributed by atoms with E-state index in [1.807, 2.05) is 26.1 Å². The van der Waals surface area contributed by atoms with Gasteiger partial charge in [0, 0.05) is 85.7 Å². The number of hydrogen-bond acceptors (Lipinski definition) is 16. The quantitative estimate of drug-likeness (QED) is 0.0343. The maximum atomic E-state index is 14.2. The first-order valence-electron chi connectivity index (χ1n) is 28.6. The van der Waals surface area contributed by atoms with Crippen LogP contribution in [-0.2, 0) is 44.8 Å². The Labute approximate surface area is 493 Å². The number of anilines is 2. The number of fused-ring (bicyclic) bond motifs is 4. The van der Waals surface area contributed by atoms with Gasteiger partial charge in [-0.3, -0.25) is 48.2 Å². The fraction of sp³-hybridized carbons (Fsp3) is 0.452. The number of methoxy groups -OCH3 is 1. The number of ether oxygens (including phenoxy) is 5. The van der Waals surface area contributed by atoms with Crippen molar-refractivity contribution in [2.24, 2.45) is 22.7 Å². The maximum absolute atomic E-state index is 14.2. The average Bonchev–Trinajstić information content (AvgIpc) is 4.34. The molecule has 452 valence electrons. The number of carbonyl (C=O) groups excluding carboxylic acids is 9. The number of imide groups is 1. The Morgan fingerprint density at radius 3 is 2.19 bits per heavy atom. The summed E-state index contributed by atoms with van der Waals surface area (Å²) < 4.78 is 29.3. The molecule has 23 heteroatoms. The van der Waals surface area contributed by atoms with Crippen LogP contribution in [0.4, 0.5) is 21.9 Å². The van der Waals surface area contributed by atoms with Crippen molar-refractivity contribution in [1.29, 1.82) is 0 Å². The third-order valence-electron chi connectivity index (χ3n) is 15.2. The molecule has 0 aromatic heterocycles. The van der Waals surface area contributed by atoms with Gasteiger partial charge in [0.05, 0.1) is 56.5 Å². The molecule has 4 heterocycles. The van der Waals surface area contributed by atoms with Crippen molar-refractivity contribution in [3.63, 3.8) is 0 Å².